The van der Waals surface area contributed by atoms with E-state index in [4.69, 9.17) is 0 Å². The minimum atomic E-state index is -0.238. The van der Waals surface area contributed by atoms with Crippen LogP contribution in [0, 0.1) is 11.6 Å². The molecule has 7 heteroatoms. The molecule has 5 rings (SSSR count). The van der Waals surface area contributed by atoms with Gasteiger partial charge in [0.25, 0.3) is 0 Å². The van der Waals surface area contributed by atoms with Crippen molar-refractivity contribution >= 4 is 42.7 Å². The van der Waals surface area contributed by atoms with Gasteiger partial charge in [0.15, 0.2) is 0 Å². The predicted molar refractivity (Wildman–Crippen MR) is 157 cm³/mol. The lowest BCUT2D eigenvalue weighted by atomic mass is 10.0. The van der Waals surface area contributed by atoms with Crippen molar-refractivity contribution in [2.24, 2.45) is 0 Å². The summed E-state index contributed by atoms with van der Waals surface area (Å²) in [6.07, 6.45) is 5.80. The topological polar surface area (TPSA) is 15.3 Å². The molecule has 3 aromatic carbocycles. The maximum absolute atomic E-state index is 13.4. The molecule has 198 valence electrons. The van der Waals surface area contributed by atoms with Crippen molar-refractivity contribution in [1.29, 1.82) is 0 Å². The highest BCUT2D eigenvalue weighted by Gasteiger charge is 2.21. The summed E-state index contributed by atoms with van der Waals surface area (Å²) < 4.78 is 26.9. The average Bonchev–Trinajstić information content (AvgIpc) is 3.29. The minimum Gasteiger partial charge on any atom is -0.313 e. The van der Waals surface area contributed by atoms with Crippen molar-refractivity contribution in [2.45, 2.75) is 30.6 Å². The third kappa shape index (κ3) is 8.05. The van der Waals surface area contributed by atoms with E-state index in [9.17, 15) is 8.78 Å². The SMILES string of the molecule is Cl.Cl.Fc1ccc(C(SCCNC2CCN(CC3=Cc4ccccc4C3)CC2)c2ccc(F)cc2)cc1. The Morgan fingerprint density at radius 1 is 0.838 bits per heavy atom. The molecule has 0 aromatic heterocycles. The molecule has 1 saturated heterocycles. The molecule has 0 atom stereocenters. The van der Waals surface area contributed by atoms with E-state index in [2.05, 4.69) is 40.6 Å². The molecule has 1 N–H and O–H groups in total. The van der Waals surface area contributed by atoms with Gasteiger partial charge in [-0.2, -0.15) is 0 Å². The second kappa shape index (κ2) is 14.3. The van der Waals surface area contributed by atoms with Crippen molar-refractivity contribution in [3.63, 3.8) is 0 Å². The molecule has 37 heavy (non-hydrogen) atoms. The lowest BCUT2D eigenvalue weighted by Crippen LogP contribution is -2.43. The number of rotatable bonds is 9. The quantitative estimate of drug-likeness (QED) is 0.275. The third-order valence-electron chi connectivity index (χ3n) is 7.01. The molecule has 1 fully saturated rings. The van der Waals surface area contributed by atoms with Gasteiger partial charge in [-0.15, -0.1) is 36.6 Å². The van der Waals surface area contributed by atoms with Crippen LogP contribution in [0.5, 0.6) is 0 Å². The van der Waals surface area contributed by atoms with E-state index < -0.39 is 0 Å². The third-order valence-corrected chi connectivity index (χ3v) is 8.33. The van der Waals surface area contributed by atoms with Gasteiger partial charge in [-0.25, -0.2) is 8.78 Å². The van der Waals surface area contributed by atoms with Crippen LogP contribution in [0.1, 0.15) is 40.3 Å². The summed E-state index contributed by atoms with van der Waals surface area (Å²) in [5, 5.41) is 3.80. The molecule has 0 bridgehead atoms. The Labute approximate surface area is 235 Å². The van der Waals surface area contributed by atoms with Crippen LogP contribution in [-0.4, -0.2) is 42.9 Å². The fourth-order valence-electron chi connectivity index (χ4n) is 5.14. The zero-order chi connectivity index (χ0) is 24.0. The molecular formula is C30H34Cl2F2N2S. The van der Waals surface area contributed by atoms with Crippen LogP contribution >= 0.6 is 36.6 Å². The summed E-state index contributed by atoms with van der Waals surface area (Å²) in [6.45, 7) is 4.27. The van der Waals surface area contributed by atoms with E-state index in [1.54, 1.807) is 0 Å². The fourth-order valence-corrected chi connectivity index (χ4v) is 6.31. The molecule has 2 nitrogen and oxygen atoms in total. The van der Waals surface area contributed by atoms with E-state index >= 15 is 0 Å². The summed E-state index contributed by atoms with van der Waals surface area (Å²) >= 11 is 1.82. The normalized spacial score (nSPS) is 15.6. The van der Waals surface area contributed by atoms with Crippen LogP contribution in [0.4, 0.5) is 8.78 Å². The number of hydrogen-bond acceptors (Lipinski definition) is 3. The Hall–Kier alpha value is -1.89. The van der Waals surface area contributed by atoms with E-state index in [0.717, 1.165) is 49.5 Å². The first-order chi connectivity index (χ1) is 17.1. The fraction of sp³-hybridized carbons (Fsp3) is 0.333. The van der Waals surface area contributed by atoms with Gasteiger partial charge in [-0.05, 0) is 78.9 Å². The standard InChI is InChI=1S/C30H32F2N2S.2ClH/c31-27-9-5-23(6-10-27)30(24-7-11-28(32)12-8-24)35-18-15-33-29-13-16-34(17-14-29)21-22-19-25-3-1-2-4-26(25)20-22;;/h1-12,19,29-30,33H,13-18,20-21H2;2*1H. The van der Waals surface area contributed by atoms with Gasteiger partial charge < -0.3 is 5.32 Å². The summed E-state index contributed by atoms with van der Waals surface area (Å²) in [5.41, 5.74) is 6.45. The molecule has 3 aromatic rings. The van der Waals surface area contributed by atoms with Gasteiger partial charge in [0.05, 0.1) is 5.25 Å². The maximum Gasteiger partial charge on any atom is 0.123 e. The summed E-state index contributed by atoms with van der Waals surface area (Å²) in [4.78, 5) is 2.59. The second-order valence-corrected chi connectivity index (χ2v) is 10.7. The zero-order valence-corrected chi connectivity index (χ0v) is 23.2. The highest BCUT2D eigenvalue weighted by atomic mass is 35.5. The number of piperidine rings is 1. The molecule has 2 aliphatic rings. The van der Waals surface area contributed by atoms with Crippen LogP contribution in [0.25, 0.3) is 6.08 Å². The molecule has 0 spiro atoms. The largest absolute Gasteiger partial charge is 0.313 e. The number of benzene rings is 3. The molecule has 0 amide bonds. The van der Waals surface area contributed by atoms with Crippen molar-refractivity contribution in [2.75, 3.05) is 31.9 Å². The van der Waals surface area contributed by atoms with Gasteiger partial charge in [0.1, 0.15) is 11.6 Å². The number of nitrogens with one attached hydrogen (secondary N) is 1. The monoisotopic (exact) mass is 562 g/mol. The minimum absolute atomic E-state index is 0. The Kier molecular flexibility index (Phi) is 11.5. The lowest BCUT2D eigenvalue weighted by molar-refractivity contribution is 0.213. The molecule has 0 unspecified atom stereocenters. The first kappa shape index (κ1) is 29.7. The first-order valence-corrected chi connectivity index (χ1v) is 13.5. The van der Waals surface area contributed by atoms with Crippen molar-refractivity contribution in [3.05, 3.63) is 112 Å². The lowest BCUT2D eigenvalue weighted by Gasteiger charge is -2.33. The Balaban J connectivity index is 0.00000190. The first-order valence-electron chi connectivity index (χ1n) is 12.5. The Morgan fingerprint density at radius 2 is 1.43 bits per heavy atom. The van der Waals surface area contributed by atoms with Crippen molar-refractivity contribution in [1.82, 2.24) is 10.2 Å². The number of thioether (sulfide) groups is 1. The van der Waals surface area contributed by atoms with E-state index in [-0.39, 0.29) is 41.7 Å². The number of hydrogen-bond donors (Lipinski definition) is 1. The number of fused-ring (bicyclic) bond motifs is 1. The van der Waals surface area contributed by atoms with Gasteiger partial charge in [0.2, 0.25) is 0 Å². The average molecular weight is 564 g/mol. The predicted octanol–water partition coefficient (Wildman–Crippen LogP) is 7.32. The molecule has 0 saturated carbocycles. The van der Waals surface area contributed by atoms with Gasteiger partial charge in [0, 0.05) is 24.9 Å². The van der Waals surface area contributed by atoms with Crippen LogP contribution in [0.3, 0.4) is 0 Å². The smallest absolute Gasteiger partial charge is 0.123 e. The highest BCUT2D eigenvalue weighted by molar-refractivity contribution is 7.99. The summed E-state index contributed by atoms with van der Waals surface area (Å²) in [5.74, 6) is 0.460. The molecule has 0 radical (unpaired) electrons. The number of likely N-dealkylation sites (tertiary alicyclic amines) is 1. The van der Waals surface area contributed by atoms with Crippen LogP contribution in [0.2, 0.25) is 0 Å². The molecular weight excluding hydrogens is 529 g/mol. The van der Waals surface area contributed by atoms with Gasteiger partial charge >= 0.3 is 0 Å². The van der Waals surface area contributed by atoms with E-state index in [1.807, 2.05) is 36.0 Å². The van der Waals surface area contributed by atoms with E-state index in [1.165, 1.54) is 53.8 Å². The second-order valence-electron chi connectivity index (χ2n) is 9.54. The van der Waals surface area contributed by atoms with Crippen LogP contribution < -0.4 is 5.32 Å². The van der Waals surface area contributed by atoms with Gasteiger partial charge in [-0.3, -0.25) is 4.90 Å². The van der Waals surface area contributed by atoms with E-state index in [0.29, 0.717) is 6.04 Å². The molecule has 1 aliphatic heterocycles. The summed E-state index contributed by atoms with van der Waals surface area (Å²) in [6, 6.07) is 22.6. The van der Waals surface area contributed by atoms with Crippen LogP contribution in [0.15, 0.2) is 78.4 Å². The van der Waals surface area contributed by atoms with Gasteiger partial charge in [-0.1, -0.05) is 60.2 Å². The number of halogens is 4. The highest BCUT2D eigenvalue weighted by Crippen LogP contribution is 2.35. The Morgan fingerprint density at radius 3 is 2.03 bits per heavy atom. The molecule has 1 heterocycles. The zero-order valence-electron chi connectivity index (χ0n) is 20.7. The van der Waals surface area contributed by atoms with Crippen LogP contribution in [-0.2, 0) is 6.42 Å². The Bertz CT molecular complexity index is 1100. The number of nitrogens with zero attached hydrogens (tertiary/aromatic N) is 1. The maximum atomic E-state index is 13.4. The summed E-state index contributed by atoms with van der Waals surface area (Å²) in [7, 11) is 0. The molecule has 1 aliphatic carbocycles. The van der Waals surface area contributed by atoms with Crippen molar-refractivity contribution < 1.29 is 8.78 Å². The van der Waals surface area contributed by atoms with Crippen molar-refractivity contribution in [3.8, 4) is 0 Å².